The Balaban J connectivity index is 1.43. The van der Waals surface area contributed by atoms with Gasteiger partial charge in [0, 0.05) is 32.4 Å². The van der Waals surface area contributed by atoms with Gasteiger partial charge in [-0.05, 0) is 94.8 Å². The van der Waals surface area contributed by atoms with Crippen molar-refractivity contribution in [1.82, 2.24) is 10.6 Å². The van der Waals surface area contributed by atoms with E-state index in [-0.39, 0.29) is 64.1 Å². The molecule has 376 valence electrons. The molecule has 64 heavy (non-hydrogen) atoms. The Morgan fingerprint density at radius 1 is 0.516 bits per heavy atom. The molecule has 0 amide bonds. The van der Waals surface area contributed by atoms with Crippen molar-refractivity contribution >= 4 is 26.1 Å². The molecule has 0 aliphatic carbocycles. The molecular formula is C43H82N2O17SSi. The molecule has 0 spiro atoms. The van der Waals surface area contributed by atoms with Gasteiger partial charge < -0.3 is 90.2 Å². The predicted octanol–water partition coefficient (Wildman–Crippen LogP) is 3.70. The highest BCUT2D eigenvalue weighted by atomic mass is 32.1. The Morgan fingerprint density at radius 3 is 1.09 bits per heavy atom. The average molecular weight is 959 g/mol. The zero-order chi connectivity index (χ0) is 46.7. The van der Waals surface area contributed by atoms with E-state index < -0.39 is 50.2 Å². The first kappa shape index (κ1) is 55.8. The number of hydrogen-bond donors (Lipinski definition) is 2. The fourth-order valence-electron chi connectivity index (χ4n) is 6.74. The Bertz CT molecular complexity index is 1130. The average Bonchev–Trinajstić information content (AvgIpc) is 3.23. The lowest BCUT2D eigenvalue weighted by Gasteiger charge is -2.36. The van der Waals surface area contributed by atoms with Crippen LogP contribution in [0.5, 0.6) is 0 Å². The maximum atomic E-state index is 6.59. The topological polar surface area (TPSA) is 181 Å². The third kappa shape index (κ3) is 21.7. The first-order chi connectivity index (χ1) is 30.3. The largest absolute Gasteiger partial charge is 0.500 e. The van der Waals surface area contributed by atoms with E-state index in [2.05, 4.69) is 10.6 Å². The summed E-state index contributed by atoms with van der Waals surface area (Å²) in [6.07, 6.45) is -1.36. The van der Waals surface area contributed by atoms with E-state index >= 15 is 0 Å². The minimum Gasteiger partial charge on any atom is -0.374 e. The molecule has 0 saturated carbocycles. The van der Waals surface area contributed by atoms with Crippen LogP contribution < -0.4 is 10.6 Å². The van der Waals surface area contributed by atoms with Gasteiger partial charge in [-0.3, -0.25) is 0 Å². The second kappa shape index (κ2) is 27.4. The van der Waals surface area contributed by atoms with Gasteiger partial charge in [-0.2, -0.15) is 0 Å². The Morgan fingerprint density at radius 2 is 0.812 bits per heavy atom. The normalized spacial score (nSPS) is 22.4. The molecule has 0 aromatic heterocycles. The van der Waals surface area contributed by atoms with Crippen molar-refractivity contribution in [3.8, 4) is 0 Å². The van der Waals surface area contributed by atoms with Gasteiger partial charge >= 0.3 is 8.80 Å². The Labute approximate surface area is 388 Å². The molecule has 2 N–H and O–H groups in total. The molecule has 4 aliphatic heterocycles. The van der Waals surface area contributed by atoms with Crippen LogP contribution in [-0.4, -0.2) is 199 Å². The highest BCUT2D eigenvalue weighted by Crippen LogP contribution is 2.23. The van der Waals surface area contributed by atoms with Crippen LogP contribution in [0.2, 0.25) is 6.04 Å². The molecule has 0 aromatic rings. The highest BCUT2D eigenvalue weighted by molar-refractivity contribution is 7.80. The molecule has 4 fully saturated rings. The third-order valence-corrected chi connectivity index (χ3v) is 13.9. The van der Waals surface area contributed by atoms with Gasteiger partial charge in [0.2, 0.25) is 0 Å². The van der Waals surface area contributed by atoms with Crippen LogP contribution in [0.1, 0.15) is 82.6 Å². The van der Waals surface area contributed by atoms with Crippen molar-refractivity contribution in [2.75, 3.05) is 119 Å². The summed E-state index contributed by atoms with van der Waals surface area (Å²) >= 11 is 5.85. The van der Waals surface area contributed by atoms with Gasteiger partial charge in [0.05, 0.1) is 98.5 Å². The van der Waals surface area contributed by atoms with Crippen LogP contribution in [0.25, 0.3) is 0 Å². The van der Waals surface area contributed by atoms with Crippen LogP contribution in [0.15, 0.2) is 0 Å². The summed E-state index contributed by atoms with van der Waals surface area (Å²) in [7, 11) is -2.82. The minimum absolute atomic E-state index is 0.177. The number of rotatable bonds is 29. The first-order valence-electron chi connectivity index (χ1n) is 23.1. The summed E-state index contributed by atoms with van der Waals surface area (Å²) in [6.45, 7) is 27.3. The summed E-state index contributed by atoms with van der Waals surface area (Å²) in [5, 5.41) is 7.19. The molecule has 0 bridgehead atoms. The lowest BCUT2D eigenvalue weighted by Crippen LogP contribution is -2.50. The molecule has 4 rings (SSSR count). The maximum Gasteiger partial charge on any atom is 0.500 e. The minimum atomic E-state index is -2.82. The van der Waals surface area contributed by atoms with Crippen molar-refractivity contribution in [2.45, 2.75) is 154 Å². The molecular weight excluding hydrogens is 877 g/mol. The zero-order valence-electron chi connectivity index (χ0n) is 40.5. The van der Waals surface area contributed by atoms with E-state index in [0.717, 1.165) is 0 Å². The molecule has 21 heteroatoms. The first-order valence-corrected chi connectivity index (χ1v) is 25.4. The Kier molecular flexibility index (Phi) is 23.9. The van der Waals surface area contributed by atoms with Gasteiger partial charge in [-0.1, -0.05) is 0 Å². The fourth-order valence-corrected chi connectivity index (χ4v) is 9.62. The van der Waals surface area contributed by atoms with Crippen LogP contribution in [0.4, 0.5) is 0 Å². The van der Waals surface area contributed by atoms with Crippen molar-refractivity contribution < 1.29 is 79.6 Å². The summed E-state index contributed by atoms with van der Waals surface area (Å²) < 4.78 is 103. The molecule has 19 nitrogen and oxygen atoms in total. The lowest BCUT2D eigenvalue weighted by molar-refractivity contribution is -0.287. The quantitative estimate of drug-likeness (QED) is 0.0629. The van der Waals surface area contributed by atoms with Crippen molar-refractivity contribution in [1.29, 1.82) is 0 Å². The number of nitrogens with one attached hydrogen (secondary N) is 2. The molecule has 0 atom stereocenters. The number of thiocarbonyl (C=S) groups is 1. The summed E-state index contributed by atoms with van der Waals surface area (Å²) in [5.74, 6) is -2.68. The van der Waals surface area contributed by atoms with E-state index in [4.69, 9.17) is 91.8 Å². The van der Waals surface area contributed by atoms with Gasteiger partial charge in [0.25, 0.3) is 0 Å². The zero-order valence-corrected chi connectivity index (χ0v) is 42.3. The van der Waals surface area contributed by atoms with E-state index in [9.17, 15) is 0 Å². The molecule has 4 heterocycles. The van der Waals surface area contributed by atoms with E-state index in [1.54, 1.807) is 0 Å². The smallest absolute Gasteiger partial charge is 0.374 e. The van der Waals surface area contributed by atoms with E-state index in [1.807, 2.05) is 76.2 Å². The molecule has 4 saturated heterocycles. The SMILES string of the molecule is CCO[Si](CCCNC(=S)NC(COC(COC1COC(C)(C)OC1)COC1COC(C)(C)OC1)COC(COC1COC(C)(C)OC1)COC1COC(C)(C)OC1)(OCC)OCC. The van der Waals surface area contributed by atoms with Gasteiger partial charge in [-0.15, -0.1) is 0 Å². The molecule has 4 aliphatic rings. The standard InChI is InChI=1S/C43H82N2O17SSi/c1-12-60-64(61-13-2,62-14-3)17-15-16-44-39(63)45-32(18-46-33(20-48-35-24-52-40(4,5)53-25-35)21-49-36-26-54-41(6,7)55-27-36)19-47-34(22-50-37-28-56-42(8,9)57-29-37)23-51-38-30-58-43(10,11)59-31-38/h32-38H,12-31H2,1-11H3,(H2,44,45,63). The predicted molar refractivity (Wildman–Crippen MR) is 240 cm³/mol. The van der Waals surface area contributed by atoms with E-state index in [0.29, 0.717) is 96.8 Å². The third-order valence-electron chi connectivity index (χ3n) is 10.4. The summed E-state index contributed by atoms with van der Waals surface area (Å²) in [6, 6.07) is 0.214. The van der Waals surface area contributed by atoms with Crippen LogP contribution >= 0.6 is 12.2 Å². The van der Waals surface area contributed by atoms with Crippen LogP contribution in [-0.2, 0) is 79.6 Å². The summed E-state index contributed by atoms with van der Waals surface area (Å²) in [5.41, 5.74) is 0. The monoisotopic (exact) mass is 959 g/mol. The number of hydrogen-bond acceptors (Lipinski definition) is 18. The lowest BCUT2D eigenvalue weighted by atomic mass is 10.2. The van der Waals surface area contributed by atoms with Crippen molar-refractivity contribution in [3.63, 3.8) is 0 Å². The number of ether oxygens (including phenoxy) is 14. The second-order valence-corrected chi connectivity index (χ2v) is 21.1. The summed E-state index contributed by atoms with van der Waals surface area (Å²) in [4.78, 5) is 0. The molecule has 0 radical (unpaired) electrons. The van der Waals surface area contributed by atoms with Crippen LogP contribution in [0.3, 0.4) is 0 Å². The van der Waals surface area contributed by atoms with Gasteiger partial charge in [-0.25, -0.2) is 0 Å². The molecule has 0 unspecified atom stereocenters. The fraction of sp³-hybridized carbons (Fsp3) is 0.977. The maximum absolute atomic E-state index is 6.59. The van der Waals surface area contributed by atoms with Crippen molar-refractivity contribution in [2.24, 2.45) is 0 Å². The van der Waals surface area contributed by atoms with Crippen LogP contribution in [0, 0.1) is 0 Å². The Hall–Kier alpha value is -0.773. The van der Waals surface area contributed by atoms with Gasteiger partial charge in [0.15, 0.2) is 28.3 Å². The van der Waals surface area contributed by atoms with E-state index in [1.165, 1.54) is 0 Å². The highest BCUT2D eigenvalue weighted by Gasteiger charge is 2.40. The second-order valence-electron chi connectivity index (χ2n) is 18.0. The molecule has 0 aromatic carbocycles. The van der Waals surface area contributed by atoms with Crippen molar-refractivity contribution in [3.05, 3.63) is 0 Å². The van der Waals surface area contributed by atoms with Gasteiger partial charge in [0.1, 0.15) is 36.6 Å².